The summed E-state index contributed by atoms with van der Waals surface area (Å²) in [5, 5.41) is 12.2. The van der Waals surface area contributed by atoms with E-state index in [1.54, 1.807) is 7.11 Å². The molecule has 0 radical (unpaired) electrons. The number of hydrogen-bond donors (Lipinski definition) is 2. The van der Waals surface area contributed by atoms with Gasteiger partial charge in [0.25, 0.3) is 5.91 Å². The Kier molecular flexibility index (Phi) is 5.16. The first kappa shape index (κ1) is 16.6. The Balaban J connectivity index is 1.87. The van der Waals surface area contributed by atoms with Gasteiger partial charge in [0.1, 0.15) is 5.60 Å². The molecule has 1 saturated heterocycles. The lowest BCUT2D eigenvalue weighted by molar-refractivity contribution is -0.216. The SMILES string of the molecule is COCCN1CCCC(NC(=O)C(F)(F)C2(O)CCC2)C1. The smallest absolute Gasteiger partial charge is 0.352 e. The van der Waals surface area contributed by atoms with Crippen LogP contribution in [0.25, 0.3) is 0 Å². The predicted octanol–water partition coefficient (Wildman–Crippen LogP) is 0.764. The summed E-state index contributed by atoms with van der Waals surface area (Å²) in [6.07, 6.45) is 2.04. The number of piperidine rings is 1. The van der Waals surface area contributed by atoms with Gasteiger partial charge in [-0.25, -0.2) is 0 Å². The molecule has 2 aliphatic rings. The maximum Gasteiger partial charge on any atom is 0.352 e. The molecule has 2 fully saturated rings. The van der Waals surface area contributed by atoms with Crippen molar-refractivity contribution in [2.45, 2.75) is 49.7 Å². The minimum absolute atomic E-state index is 0.0158. The maximum absolute atomic E-state index is 14.0. The van der Waals surface area contributed by atoms with Gasteiger partial charge in [0, 0.05) is 26.2 Å². The molecule has 5 nitrogen and oxygen atoms in total. The van der Waals surface area contributed by atoms with Crippen molar-refractivity contribution in [1.82, 2.24) is 10.2 Å². The number of methoxy groups -OCH3 is 1. The van der Waals surface area contributed by atoms with Crippen molar-refractivity contribution in [3.63, 3.8) is 0 Å². The highest BCUT2D eigenvalue weighted by Crippen LogP contribution is 2.44. The number of hydrogen-bond acceptors (Lipinski definition) is 4. The summed E-state index contributed by atoms with van der Waals surface area (Å²) in [5.74, 6) is -5.05. The van der Waals surface area contributed by atoms with Crippen LogP contribution in [-0.4, -0.2) is 66.8 Å². The number of nitrogens with zero attached hydrogens (tertiary/aromatic N) is 1. The zero-order valence-corrected chi connectivity index (χ0v) is 12.4. The highest BCUT2D eigenvalue weighted by atomic mass is 19.3. The number of nitrogens with one attached hydrogen (secondary N) is 1. The molecular formula is C14H24F2N2O3. The van der Waals surface area contributed by atoms with Crippen LogP contribution in [0.5, 0.6) is 0 Å². The van der Waals surface area contributed by atoms with E-state index in [0.717, 1.165) is 19.5 Å². The summed E-state index contributed by atoms with van der Waals surface area (Å²) in [4.78, 5) is 13.9. The van der Waals surface area contributed by atoms with E-state index >= 15 is 0 Å². The van der Waals surface area contributed by atoms with Crippen LogP contribution in [0, 0.1) is 0 Å². The summed E-state index contributed by atoms with van der Waals surface area (Å²) in [6.45, 7) is 2.74. The Morgan fingerprint density at radius 3 is 2.76 bits per heavy atom. The zero-order valence-electron chi connectivity index (χ0n) is 12.4. The van der Waals surface area contributed by atoms with Crippen LogP contribution in [0.4, 0.5) is 8.78 Å². The molecule has 7 heteroatoms. The Bertz CT molecular complexity index is 375. The molecule has 1 aliphatic heterocycles. The second-order valence-electron chi connectivity index (χ2n) is 6.07. The third-order valence-corrected chi connectivity index (χ3v) is 4.50. The molecule has 0 spiro atoms. The van der Waals surface area contributed by atoms with E-state index in [9.17, 15) is 18.7 Å². The van der Waals surface area contributed by atoms with Gasteiger partial charge in [0.2, 0.25) is 0 Å². The number of carbonyl (C=O) groups is 1. The number of aliphatic hydroxyl groups is 1. The van der Waals surface area contributed by atoms with Crippen molar-refractivity contribution in [2.75, 3.05) is 33.4 Å². The quantitative estimate of drug-likeness (QED) is 0.761. The molecule has 1 saturated carbocycles. The number of alkyl halides is 2. The fraction of sp³-hybridized carbons (Fsp3) is 0.929. The van der Waals surface area contributed by atoms with Gasteiger partial charge in [-0.05, 0) is 38.6 Å². The molecule has 1 aliphatic carbocycles. The van der Waals surface area contributed by atoms with Crippen LogP contribution in [0.1, 0.15) is 32.1 Å². The first-order valence-corrected chi connectivity index (χ1v) is 7.51. The molecular weight excluding hydrogens is 282 g/mol. The number of rotatable bonds is 6. The third-order valence-electron chi connectivity index (χ3n) is 4.50. The fourth-order valence-electron chi connectivity index (χ4n) is 2.91. The van der Waals surface area contributed by atoms with Crippen molar-refractivity contribution >= 4 is 5.91 Å². The first-order valence-electron chi connectivity index (χ1n) is 7.51. The zero-order chi connectivity index (χ0) is 15.5. The minimum atomic E-state index is -3.71. The van der Waals surface area contributed by atoms with Crippen LogP contribution in [0.2, 0.25) is 0 Å². The molecule has 1 unspecified atom stereocenters. The standard InChI is InChI=1S/C14H24F2N2O3/c1-21-9-8-18-7-2-4-11(10-18)17-12(19)14(15,16)13(20)5-3-6-13/h11,20H,2-10H2,1H3,(H,17,19). The Morgan fingerprint density at radius 1 is 1.48 bits per heavy atom. The molecule has 0 bridgehead atoms. The molecule has 1 amide bonds. The largest absolute Gasteiger partial charge is 0.383 e. The molecule has 0 aromatic heterocycles. The number of halogens is 2. The van der Waals surface area contributed by atoms with Gasteiger partial charge in [-0.2, -0.15) is 8.78 Å². The average Bonchev–Trinajstić information content (AvgIpc) is 2.42. The van der Waals surface area contributed by atoms with Crippen molar-refractivity contribution in [3.05, 3.63) is 0 Å². The van der Waals surface area contributed by atoms with Crippen molar-refractivity contribution < 1.29 is 23.4 Å². The van der Waals surface area contributed by atoms with E-state index < -0.39 is 17.4 Å². The fourth-order valence-corrected chi connectivity index (χ4v) is 2.91. The van der Waals surface area contributed by atoms with E-state index in [1.807, 2.05) is 0 Å². The molecule has 2 rings (SSSR count). The molecule has 1 atom stereocenters. The lowest BCUT2D eigenvalue weighted by atomic mass is 9.75. The molecule has 1 heterocycles. The van der Waals surface area contributed by atoms with Gasteiger partial charge in [-0.3, -0.25) is 9.69 Å². The lowest BCUT2D eigenvalue weighted by Crippen LogP contribution is -2.62. The Morgan fingerprint density at radius 2 is 2.19 bits per heavy atom. The van der Waals surface area contributed by atoms with Crippen molar-refractivity contribution in [3.8, 4) is 0 Å². The average molecular weight is 306 g/mol. The number of carbonyl (C=O) groups excluding carboxylic acids is 1. The van der Waals surface area contributed by atoms with Gasteiger partial charge in [0.15, 0.2) is 0 Å². The van der Waals surface area contributed by atoms with Crippen molar-refractivity contribution in [1.29, 1.82) is 0 Å². The molecule has 21 heavy (non-hydrogen) atoms. The summed E-state index contributed by atoms with van der Waals surface area (Å²) in [6, 6.07) is -0.294. The van der Waals surface area contributed by atoms with E-state index in [0.29, 0.717) is 26.0 Å². The predicted molar refractivity (Wildman–Crippen MR) is 73.2 cm³/mol. The maximum atomic E-state index is 14.0. The summed E-state index contributed by atoms with van der Waals surface area (Å²) in [7, 11) is 1.61. The van der Waals surface area contributed by atoms with Crippen LogP contribution < -0.4 is 5.32 Å². The third kappa shape index (κ3) is 3.52. The molecule has 2 N–H and O–H groups in total. The summed E-state index contributed by atoms with van der Waals surface area (Å²) >= 11 is 0. The number of ether oxygens (including phenoxy) is 1. The highest BCUT2D eigenvalue weighted by Gasteiger charge is 2.61. The van der Waals surface area contributed by atoms with Gasteiger partial charge in [-0.15, -0.1) is 0 Å². The van der Waals surface area contributed by atoms with E-state index in [-0.39, 0.29) is 18.9 Å². The van der Waals surface area contributed by atoms with Crippen molar-refractivity contribution in [2.24, 2.45) is 0 Å². The van der Waals surface area contributed by atoms with Crippen LogP contribution >= 0.6 is 0 Å². The van der Waals surface area contributed by atoms with Crippen LogP contribution in [0.15, 0.2) is 0 Å². The number of amides is 1. The lowest BCUT2D eigenvalue weighted by Gasteiger charge is -2.42. The summed E-state index contributed by atoms with van der Waals surface area (Å²) < 4.78 is 33.0. The van der Waals surface area contributed by atoms with Gasteiger partial charge >= 0.3 is 5.92 Å². The normalized spacial score (nSPS) is 26.2. The van der Waals surface area contributed by atoms with Crippen LogP contribution in [0.3, 0.4) is 0 Å². The van der Waals surface area contributed by atoms with E-state index in [1.165, 1.54) is 0 Å². The second-order valence-corrected chi connectivity index (χ2v) is 6.07. The first-order chi connectivity index (χ1) is 9.89. The Hall–Kier alpha value is -0.790. The second kappa shape index (κ2) is 6.54. The molecule has 122 valence electrons. The minimum Gasteiger partial charge on any atom is -0.383 e. The topological polar surface area (TPSA) is 61.8 Å². The molecule has 0 aromatic rings. The van der Waals surface area contributed by atoms with E-state index in [4.69, 9.17) is 4.74 Å². The Labute approximate surface area is 123 Å². The van der Waals surface area contributed by atoms with Gasteiger partial charge < -0.3 is 15.2 Å². The number of likely N-dealkylation sites (tertiary alicyclic amines) is 1. The van der Waals surface area contributed by atoms with E-state index in [2.05, 4.69) is 10.2 Å². The highest BCUT2D eigenvalue weighted by molar-refractivity contribution is 5.85. The van der Waals surface area contributed by atoms with Crippen LogP contribution in [-0.2, 0) is 9.53 Å². The summed E-state index contributed by atoms with van der Waals surface area (Å²) in [5.41, 5.74) is -2.15. The van der Waals surface area contributed by atoms with Gasteiger partial charge in [0.05, 0.1) is 6.61 Å². The van der Waals surface area contributed by atoms with Gasteiger partial charge in [-0.1, -0.05) is 0 Å². The monoisotopic (exact) mass is 306 g/mol. The molecule has 0 aromatic carbocycles.